The Bertz CT molecular complexity index is 3300. The van der Waals surface area contributed by atoms with Crippen molar-refractivity contribution < 1.29 is 8.83 Å². The molecule has 0 fully saturated rings. The van der Waals surface area contributed by atoms with Crippen molar-refractivity contribution in [3.8, 4) is 0 Å². The first-order valence-corrected chi connectivity index (χ1v) is 21.6. The maximum absolute atomic E-state index is 6.80. The van der Waals surface area contributed by atoms with E-state index in [0.717, 1.165) is 99.5 Å². The monoisotopic (exact) mass is 804 g/mol. The van der Waals surface area contributed by atoms with E-state index >= 15 is 0 Å². The van der Waals surface area contributed by atoms with Gasteiger partial charge in [-0.1, -0.05) is 36.4 Å². The van der Waals surface area contributed by atoms with Crippen LogP contribution >= 0.6 is 0 Å². The second-order valence-electron chi connectivity index (χ2n) is 17.5. The predicted molar refractivity (Wildman–Crippen MR) is 263 cm³/mol. The van der Waals surface area contributed by atoms with Crippen LogP contribution in [0.4, 0.5) is 34.1 Å². The summed E-state index contributed by atoms with van der Waals surface area (Å²) in [5.41, 5.74) is 20.5. The molecule has 0 atom stereocenters. The van der Waals surface area contributed by atoms with Crippen molar-refractivity contribution in [1.29, 1.82) is 0 Å². The lowest BCUT2D eigenvalue weighted by Gasteiger charge is -2.27. The zero-order valence-corrected chi connectivity index (χ0v) is 36.6. The lowest BCUT2D eigenvalue weighted by molar-refractivity contribution is 0.667. The standard InChI is InChI=1S/C58H48N2O2/c1-33-9-15-43(25-37(33)5)59(44-16-10-34(2)38(6)26-44)47-19-23-49-41(29-47)13-21-51-53-31-56-54(32-55(53)61-57(49)51)52-22-14-42-30-48(20-24-50(42)58(52)62-56)60(45-17-11-35(3)39(7)27-45)46-18-12-36(4)40(8)28-46/h9-32H,1-8H3. The fourth-order valence-electron chi connectivity index (χ4n) is 9.22. The minimum Gasteiger partial charge on any atom is -0.455 e. The summed E-state index contributed by atoms with van der Waals surface area (Å²) in [6.07, 6.45) is 0. The van der Waals surface area contributed by atoms with Gasteiger partial charge in [0, 0.05) is 66.4 Å². The molecule has 9 aromatic carbocycles. The van der Waals surface area contributed by atoms with Crippen LogP contribution in [0.1, 0.15) is 44.5 Å². The van der Waals surface area contributed by atoms with Crippen LogP contribution in [0.15, 0.2) is 154 Å². The maximum atomic E-state index is 6.80. The molecule has 4 heteroatoms. The molecule has 302 valence electrons. The van der Waals surface area contributed by atoms with Crippen molar-refractivity contribution in [3.63, 3.8) is 0 Å². The van der Waals surface area contributed by atoms with E-state index in [1.807, 2.05) is 0 Å². The van der Waals surface area contributed by atoms with Gasteiger partial charge in [0.2, 0.25) is 0 Å². The Labute approximate surface area is 362 Å². The van der Waals surface area contributed by atoms with Crippen LogP contribution in [0.5, 0.6) is 0 Å². The number of furan rings is 2. The van der Waals surface area contributed by atoms with E-state index in [4.69, 9.17) is 8.83 Å². The topological polar surface area (TPSA) is 32.8 Å². The van der Waals surface area contributed by atoms with Crippen molar-refractivity contribution in [3.05, 3.63) is 190 Å². The SMILES string of the molecule is Cc1ccc(N(c2ccc(C)c(C)c2)c2ccc3c(ccc4c5cc6oc7c8ccc(N(c9ccc(C)c(C)c9)c9ccc(C)c(C)c9)cc8ccc7c6cc5oc34)c2)cc1C. The van der Waals surface area contributed by atoms with Gasteiger partial charge in [0.15, 0.2) is 0 Å². The number of rotatable bonds is 6. The normalized spacial score (nSPS) is 11.9. The van der Waals surface area contributed by atoms with Crippen molar-refractivity contribution >= 4 is 99.5 Å². The number of aryl methyl sites for hydroxylation is 8. The molecule has 0 saturated heterocycles. The molecule has 0 saturated carbocycles. The Morgan fingerprint density at radius 2 is 0.548 bits per heavy atom. The van der Waals surface area contributed by atoms with Crippen LogP contribution in [0.25, 0.3) is 65.4 Å². The minimum absolute atomic E-state index is 0.853. The lowest BCUT2D eigenvalue weighted by atomic mass is 10.0. The zero-order chi connectivity index (χ0) is 42.6. The first kappa shape index (κ1) is 37.7. The molecule has 2 heterocycles. The van der Waals surface area contributed by atoms with Crippen molar-refractivity contribution in [1.82, 2.24) is 0 Å². The third-order valence-electron chi connectivity index (χ3n) is 13.5. The molecular formula is C58H48N2O2. The van der Waals surface area contributed by atoms with Crippen LogP contribution in [0.2, 0.25) is 0 Å². The highest BCUT2D eigenvalue weighted by Crippen LogP contribution is 2.44. The van der Waals surface area contributed by atoms with E-state index in [-0.39, 0.29) is 0 Å². The summed E-state index contributed by atoms with van der Waals surface area (Å²) in [4.78, 5) is 4.72. The minimum atomic E-state index is 0.853. The van der Waals surface area contributed by atoms with Crippen molar-refractivity contribution in [2.45, 2.75) is 55.4 Å². The molecule has 0 N–H and O–H groups in total. The molecular weight excluding hydrogens is 757 g/mol. The van der Waals surface area contributed by atoms with E-state index in [9.17, 15) is 0 Å². The molecule has 0 bridgehead atoms. The zero-order valence-electron chi connectivity index (χ0n) is 36.6. The molecule has 11 rings (SSSR count). The molecule has 0 aliphatic heterocycles. The van der Waals surface area contributed by atoms with E-state index in [1.54, 1.807) is 0 Å². The fraction of sp³-hybridized carbons (Fsp3) is 0.138. The quantitative estimate of drug-likeness (QED) is 0.168. The molecule has 0 aliphatic carbocycles. The second-order valence-corrected chi connectivity index (χ2v) is 17.5. The molecule has 0 spiro atoms. The van der Waals surface area contributed by atoms with Gasteiger partial charge in [0.25, 0.3) is 0 Å². The Morgan fingerprint density at radius 3 is 0.871 bits per heavy atom. The van der Waals surface area contributed by atoms with Gasteiger partial charge in [0.1, 0.15) is 22.3 Å². The molecule has 62 heavy (non-hydrogen) atoms. The summed E-state index contributed by atoms with van der Waals surface area (Å²) in [6.45, 7) is 17.4. The van der Waals surface area contributed by atoms with Gasteiger partial charge >= 0.3 is 0 Å². The fourth-order valence-corrected chi connectivity index (χ4v) is 9.22. The van der Waals surface area contributed by atoms with Gasteiger partial charge in [-0.05, 0) is 220 Å². The van der Waals surface area contributed by atoms with Crippen LogP contribution < -0.4 is 9.80 Å². The first-order chi connectivity index (χ1) is 30.0. The number of benzene rings is 9. The third-order valence-corrected chi connectivity index (χ3v) is 13.5. The van der Waals surface area contributed by atoms with E-state index in [1.165, 1.54) is 44.5 Å². The molecule has 0 aliphatic rings. The van der Waals surface area contributed by atoms with Gasteiger partial charge in [0.05, 0.1) is 0 Å². The van der Waals surface area contributed by atoms with Crippen LogP contribution in [-0.4, -0.2) is 0 Å². The maximum Gasteiger partial charge on any atom is 0.143 e. The van der Waals surface area contributed by atoms with E-state index in [0.29, 0.717) is 0 Å². The summed E-state index contributed by atoms with van der Waals surface area (Å²) in [6, 6.07) is 53.5. The van der Waals surface area contributed by atoms with E-state index < -0.39 is 0 Å². The smallest absolute Gasteiger partial charge is 0.143 e. The summed E-state index contributed by atoms with van der Waals surface area (Å²) in [7, 11) is 0. The van der Waals surface area contributed by atoms with Crippen LogP contribution in [0.3, 0.4) is 0 Å². The number of fused-ring (bicyclic) bond motifs is 10. The summed E-state index contributed by atoms with van der Waals surface area (Å²) in [5, 5.41) is 8.68. The summed E-state index contributed by atoms with van der Waals surface area (Å²) < 4.78 is 13.6. The Morgan fingerprint density at radius 1 is 0.258 bits per heavy atom. The highest BCUT2D eigenvalue weighted by atomic mass is 16.3. The van der Waals surface area contributed by atoms with Crippen LogP contribution in [0, 0.1) is 55.4 Å². The Hall–Kier alpha value is -7.30. The Balaban J connectivity index is 1.00. The molecule has 2 aromatic heterocycles. The average molecular weight is 805 g/mol. The van der Waals surface area contributed by atoms with Crippen LogP contribution in [-0.2, 0) is 0 Å². The van der Waals surface area contributed by atoms with Gasteiger partial charge in [-0.25, -0.2) is 0 Å². The molecule has 11 aromatic rings. The summed E-state index contributed by atoms with van der Waals surface area (Å²) in [5.74, 6) is 0. The highest BCUT2D eigenvalue weighted by molar-refractivity contribution is 6.21. The average Bonchev–Trinajstić information content (AvgIpc) is 3.82. The molecule has 4 nitrogen and oxygen atoms in total. The largest absolute Gasteiger partial charge is 0.455 e. The molecule has 0 radical (unpaired) electrons. The van der Waals surface area contributed by atoms with Gasteiger partial charge < -0.3 is 18.6 Å². The number of anilines is 6. The Kier molecular flexibility index (Phi) is 8.59. The first-order valence-electron chi connectivity index (χ1n) is 21.6. The van der Waals surface area contributed by atoms with Gasteiger partial charge in [-0.2, -0.15) is 0 Å². The van der Waals surface area contributed by atoms with Crippen molar-refractivity contribution in [2.24, 2.45) is 0 Å². The predicted octanol–water partition coefficient (Wildman–Crippen LogP) is 17.2. The number of hydrogen-bond donors (Lipinski definition) is 0. The number of nitrogens with zero attached hydrogens (tertiary/aromatic N) is 2. The van der Waals surface area contributed by atoms with Gasteiger partial charge in [-0.3, -0.25) is 0 Å². The third kappa shape index (κ3) is 6.04. The number of hydrogen-bond acceptors (Lipinski definition) is 4. The summed E-state index contributed by atoms with van der Waals surface area (Å²) >= 11 is 0. The van der Waals surface area contributed by atoms with E-state index in [2.05, 4.69) is 211 Å². The van der Waals surface area contributed by atoms with Crippen molar-refractivity contribution in [2.75, 3.05) is 9.80 Å². The molecule has 0 unspecified atom stereocenters. The highest BCUT2D eigenvalue weighted by Gasteiger charge is 2.20. The lowest BCUT2D eigenvalue weighted by Crippen LogP contribution is -2.10. The van der Waals surface area contributed by atoms with Gasteiger partial charge in [-0.15, -0.1) is 0 Å². The molecule has 0 amide bonds. The second kappa shape index (κ2) is 14.1.